The minimum Gasteiger partial charge on any atom is -0.478 e. The zero-order valence-electron chi connectivity index (χ0n) is 12.6. The number of rotatable bonds is 4. The number of ether oxygens (including phenoxy) is 1. The molecule has 3 rings (SSSR count). The van der Waals surface area contributed by atoms with Crippen molar-refractivity contribution in [2.75, 3.05) is 0 Å². The summed E-state index contributed by atoms with van der Waals surface area (Å²) in [5.74, 6) is -0.513. The van der Waals surface area contributed by atoms with Gasteiger partial charge in [0.25, 0.3) is 0 Å². The topological polar surface area (TPSA) is 50.9 Å². The number of carbonyl (C=O) groups is 1. The zero-order chi connectivity index (χ0) is 16.9. The Bertz CT molecular complexity index is 966. The predicted molar refractivity (Wildman–Crippen MR) is 93.0 cm³/mol. The average Bonchev–Trinajstić information content (AvgIpc) is 2.61. The van der Waals surface area contributed by atoms with Crippen LogP contribution in [0.3, 0.4) is 0 Å². The second-order valence-electron chi connectivity index (χ2n) is 5.08. The van der Waals surface area contributed by atoms with Gasteiger partial charge in [0.05, 0.1) is 18.9 Å². The summed E-state index contributed by atoms with van der Waals surface area (Å²) in [6.45, 7) is 7.06. The minimum absolute atomic E-state index is 0.557. The van der Waals surface area contributed by atoms with Crippen LogP contribution in [0.2, 0.25) is 0 Å². The monoisotopic (exact) mass is 315 g/mol. The van der Waals surface area contributed by atoms with Gasteiger partial charge >= 0.3 is 5.97 Å². The van der Waals surface area contributed by atoms with Crippen molar-refractivity contribution >= 4 is 22.4 Å². The number of carboxylic acid groups (broad SMARTS) is 1. The number of carboxylic acids is 1. The van der Waals surface area contributed by atoms with Gasteiger partial charge in [-0.15, -0.1) is 0 Å². The molecular weight excluding hydrogens is 302 g/mol. The fourth-order valence-electron chi connectivity index (χ4n) is 2.52. The molecule has 0 heterocycles. The molecular formula is C20H13NO3. The van der Waals surface area contributed by atoms with Crippen molar-refractivity contribution in [1.29, 1.82) is 0 Å². The van der Waals surface area contributed by atoms with E-state index >= 15 is 0 Å². The Kier molecular flexibility index (Phi) is 4.26. The van der Waals surface area contributed by atoms with E-state index in [9.17, 15) is 4.79 Å². The van der Waals surface area contributed by atoms with Crippen LogP contribution in [0.4, 0.5) is 5.69 Å². The highest BCUT2D eigenvalue weighted by atomic mass is 16.5. The van der Waals surface area contributed by atoms with Crippen LogP contribution < -0.4 is 4.74 Å². The molecule has 0 aliphatic rings. The van der Waals surface area contributed by atoms with Gasteiger partial charge in [0, 0.05) is 5.56 Å². The largest absolute Gasteiger partial charge is 0.478 e. The SMILES string of the molecule is [C-]#[N+]c1ccc(-c2c(O/C=C/C(=O)O)ccc3ccccc23)cc1. The molecule has 0 aromatic heterocycles. The molecule has 4 heteroatoms. The molecule has 0 spiro atoms. The van der Waals surface area contributed by atoms with E-state index in [-0.39, 0.29) is 0 Å². The van der Waals surface area contributed by atoms with Gasteiger partial charge in [-0.25, -0.2) is 9.64 Å². The standard InChI is InChI=1S/C20H13NO3/c1-21-16-9-6-15(7-10-16)20-17-5-3-2-4-14(17)8-11-18(20)24-13-12-19(22)23/h2-13H,(H,22,23)/b13-12+. The van der Waals surface area contributed by atoms with E-state index in [4.69, 9.17) is 16.4 Å². The third-order valence-corrected chi connectivity index (χ3v) is 3.58. The van der Waals surface area contributed by atoms with E-state index in [1.165, 1.54) is 0 Å². The fourth-order valence-corrected chi connectivity index (χ4v) is 2.52. The van der Waals surface area contributed by atoms with Crippen LogP contribution in [0.15, 0.2) is 73.0 Å². The number of aliphatic carboxylic acids is 1. The molecule has 116 valence electrons. The van der Waals surface area contributed by atoms with E-state index in [1.54, 1.807) is 12.1 Å². The quantitative estimate of drug-likeness (QED) is 0.417. The van der Waals surface area contributed by atoms with Gasteiger partial charge in [-0.1, -0.05) is 54.6 Å². The molecule has 3 aromatic carbocycles. The number of hydrogen-bond donors (Lipinski definition) is 1. The van der Waals surface area contributed by atoms with E-state index in [1.807, 2.05) is 48.5 Å². The van der Waals surface area contributed by atoms with Crippen LogP contribution in [0, 0.1) is 6.57 Å². The molecule has 1 N–H and O–H groups in total. The number of fused-ring (bicyclic) bond motifs is 1. The van der Waals surface area contributed by atoms with Gasteiger partial charge in [0.15, 0.2) is 5.69 Å². The van der Waals surface area contributed by atoms with Gasteiger partial charge in [-0.05, 0) is 22.4 Å². The first-order valence-electron chi connectivity index (χ1n) is 7.25. The Morgan fingerprint density at radius 1 is 1.04 bits per heavy atom. The molecule has 0 unspecified atom stereocenters. The molecule has 24 heavy (non-hydrogen) atoms. The highest BCUT2D eigenvalue weighted by Crippen LogP contribution is 2.37. The lowest BCUT2D eigenvalue weighted by molar-refractivity contribution is -0.131. The van der Waals surface area contributed by atoms with Crippen LogP contribution in [0.5, 0.6) is 5.75 Å². The van der Waals surface area contributed by atoms with Crippen molar-refractivity contribution < 1.29 is 14.6 Å². The maximum atomic E-state index is 10.6. The molecule has 0 radical (unpaired) electrons. The lowest BCUT2D eigenvalue weighted by atomic mass is 9.97. The van der Waals surface area contributed by atoms with Gasteiger partial charge in [0.2, 0.25) is 0 Å². The number of hydrogen-bond acceptors (Lipinski definition) is 2. The molecule has 0 bridgehead atoms. The van der Waals surface area contributed by atoms with Crippen LogP contribution in [-0.2, 0) is 4.79 Å². The van der Waals surface area contributed by atoms with Crippen molar-refractivity contribution in [3.8, 4) is 16.9 Å². The van der Waals surface area contributed by atoms with Gasteiger partial charge in [-0.3, -0.25) is 0 Å². The average molecular weight is 315 g/mol. The van der Waals surface area contributed by atoms with Crippen LogP contribution in [0.1, 0.15) is 0 Å². The first-order chi connectivity index (χ1) is 11.7. The summed E-state index contributed by atoms with van der Waals surface area (Å²) >= 11 is 0. The third kappa shape index (κ3) is 3.11. The van der Waals surface area contributed by atoms with Crippen LogP contribution in [-0.4, -0.2) is 11.1 Å². The Labute approximate surface area is 139 Å². The van der Waals surface area contributed by atoms with Gasteiger partial charge < -0.3 is 9.84 Å². The van der Waals surface area contributed by atoms with Crippen molar-refractivity contribution in [2.45, 2.75) is 0 Å². The molecule has 0 fully saturated rings. The number of nitrogens with zero attached hydrogens (tertiary/aromatic N) is 1. The lowest BCUT2D eigenvalue weighted by Crippen LogP contribution is -1.92. The van der Waals surface area contributed by atoms with E-state index in [0.29, 0.717) is 11.4 Å². The molecule has 0 amide bonds. The summed E-state index contributed by atoms with van der Waals surface area (Å²) in [5, 5.41) is 10.8. The number of benzene rings is 3. The molecule has 0 aliphatic heterocycles. The summed E-state index contributed by atoms with van der Waals surface area (Å²) < 4.78 is 5.55. The second-order valence-corrected chi connectivity index (χ2v) is 5.08. The fraction of sp³-hybridized carbons (Fsp3) is 0. The van der Waals surface area contributed by atoms with Crippen molar-refractivity contribution in [2.24, 2.45) is 0 Å². The van der Waals surface area contributed by atoms with Crippen molar-refractivity contribution in [1.82, 2.24) is 0 Å². The van der Waals surface area contributed by atoms with Crippen molar-refractivity contribution in [3.05, 3.63) is 84.4 Å². The van der Waals surface area contributed by atoms with Gasteiger partial charge in [0.1, 0.15) is 5.75 Å². The highest BCUT2D eigenvalue weighted by Gasteiger charge is 2.11. The minimum atomic E-state index is -1.07. The molecule has 0 saturated carbocycles. The van der Waals surface area contributed by atoms with Crippen LogP contribution >= 0.6 is 0 Å². The second kappa shape index (κ2) is 6.67. The molecule has 3 aromatic rings. The molecule has 4 nitrogen and oxygen atoms in total. The molecule has 0 aliphatic carbocycles. The van der Waals surface area contributed by atoms with Crippen LogP contribution in [0.25, 0.3) is 26.7 Å². The van der Waals surface area contributed by atoms with E-state index in [2.05, 4.69) is 4.85 Å². The van der Waals surface area contributed by atoms with Gasteiger partial charge in [-0.2, -0.15) is 0 Å². The summed E-state index contributed by atoms with van der Waals surface area (Å²) in [6.07, 6.45) is 2.10. The Balaban J connectivity index is 2.16. The molecule has 0 saturated heterocycles. The molecule has 0 atom stereocenters. The summed E-state index contributed by atoms with van der Waals surface area (Å²) in [6, 6.07) is 18.9. The smallest absolute Gasteiger partial charge is 0.331 e. The third-order valence-electron chi connectivity index (χ3n) is 3.58. The predicted octanol–water partition coefficient (Wildman–Crippen LogP) is 5.03. The highest BCUT2D eigenvalue weighted by molar-refractivity contribution is 6.00. The first-order valence-corrected chi connectivity index (χ1v) is 7.25. The normalized spacial score (nSPS) is 10.6. The lowest BCUT2D eigenvalue weighted by Gasteiger charge is -2.12. The summed E-state index contributed by atoms with van der Waals surface area (Å²) in [5.41, 5.74) is 2.32. The summed E-state index contributed by atoms with van der Waals surface area (Å²) in [7, 11) is 0. The first kappa shape index (κ1) is 15.3. The van der Waals surface area contributed by atoms with E-state index in [0.717, 1.165) is 34.2 Å². The Hall–Kier alpha value is -3.58. The van der Waals surface area contributed by atoms with Crippen molar-refractivity contribution in [3.63, 3.8) is 0 Å². The zero-order valence-corrected chi connectivity index (χ0v) is 12.6. The Morgan fingerprint density at radius 3 is 2.50 bits per heavy atom. The maximum absolute atomic E-state index is 10.6. The Morgan fingerprint density at radius 2 is 1.79 bits per heavy atom. The van der Waals surface area contributed by atoms with E-state index < -0.39 is 5.97 Å². The maximum Gasteiger partial charge on any atom is 0.331 e. The summed E-state index contributed by atoms with van der Waals surface area (Å²) in [4.78, 5) is 14.0.